The van der Waals surface area contributed by atoms with Crippen molar-refractivity contribution < 1.29 is 9.90 Å². The highest BCUT2D eigenvalue weighted by atomic mass is 16.4. The lowest BCUT2D eigenvalue weighted by molar-refractivity contribution is -0.144. The molecule has 1 aliphatic rings. The average Bonchev–Trinajstić information content (AvgIpc) is 1.76. The third kappa shape index (κ3) is 1.35. The van der Waals surface area contributed by atoms with Crippen molar-refractivity contribution in [1.29, 1.82) is 0 Å². The fourth-order valence-electron chi connectivity index (χ4n) is 1.12. The number of hydrogen-bond donors (Lipinski definition) is 1. The Morgan fingerprint density at radius 3 is 2.70 bits per heavy atom. The summed E-state index contributed by atoms with van der Waals surface area (Å²) >= 11 is 0. The molecule has 1 saturated carbocycles. The number of aliphatic imine (C=N–C) groups is 1. The first-order valence-electron chi connectivity index (χ1n) is 3.44. The van der Waals surface area contributed by atoms with Crippen LogP contribution >= 0.6 is 0 Å². The number of carbonyl (C=O) groups is 1. The van der Waals surface area contributed by atoms with Crippen LogP contribution in [0.1, 0.15) is 19.8 Å². The van der Waals surface area contributed by atoms with E-state index in [4.69, 9.17) is 5.11 Å². The van der Waals surface area contributed by atoms with Gasteiger partial charge in [-0.25, -0.2) is 0 Å². The van der Waals surface area contributed by atoms with Gasteiger partial charge < -0.3 is 5.11 Å². The van der Waals surface area contributed by atoms with Crippen molar-refractivity contribution >= 4 is 12.2 Å². The van der Waals surface area contributed by atoms with Gasteiger partial charge in [-0.2, -0.15) is 0 Å². The number of hydrogen-bond acceptors (Lipinski definition) is 2. The first-order valence-corrected chi connectivity index (χ1v) is 3.44. The number of aliphatic carboxylic acids is 1. The second kappa shape index (κ2) is 2.82. The molecule has 0 spiro atoms. The van der Waals surface area contributed by atoms with Crippen molar-refractivity contribution in [1.82, 2.24) is 0 Å². The van der Waals surface area contributed by atoms with E-state index in [-0.39, 0.29) is 12.0 Å². The van der Waals surface area contributed by atoms with Crippen molar-refractivity contribution in [2.24, 2.45) is 10.9 Å². The standard InChI is InChI=1S/C7H11NO2/c1-2-8-6-3-5(4-6)7(9)10/h2,5-6H,3-4H2,1H3,(H,9,10). The van der Waals surface area contributed by atoms with Crippen LogP contribution in [0.3, 0.4) is 0 Å². The Labute approximate surface area is 59.8 Å². The van der Waals surface area contributed by atoms with Crippen molar-refractivity contribution in [3.63, 3.8) is 0 Å². The van der Waals surface area contributed by atoms with E-state index in [1.54, 1.807) is 6.21 Å². The Kier molecular flexibility index (Phi) is 2.04. The summed E-state index contributed by atoms with van der Waals surface area (Å²) in [7, 11) is 0. The molecule has 0 amide bonds. The van der Waals surface area contributed by atoms with Crippen LogP contribution < -0.4 is 0 Å². The minimum atomic E-state index is -0.678. The SMILES string of the molecule is CC=NC1CC(C(=O)O)C1. The predicted octanol–water partition coefficient (Wildman–Crippen LogP) is 0.940. The monoisotopic (exact) mass is 141 g/mol. The molecular weight excluding hydrogens is 130 g/mol. The molecule has 0 aromatic rings. The van der Waals surface area contributed by atoms with E-state index in [1.165, 1.54) is 0 Å². The van der Waals surface area contributed by atoms with E-state index in [2.05, 4.69) is 4.99 Å². The van der Waals surface area contributed by atoms with Gasteiger partial charge in [-0.15, -0.1) is 0 Å². The summed E-state index contributed by atoms with van der Waals surface area (Å²) < 4.78 is 0. The van der Waals surface area contributed by atoms with Gasteiger partial charge in [0.05, 0.1) is 12.0 Å². The predicted molar refractivity (Wildman–Crippen MR) is 38.3 cm³/mol. The molecule has 0 radical (unpaired) electrons. The molecule has 3 nitrogen and oxygen atoms in total. The molecule has 0 bridgehead atoms. The molecule has 0 saturated heterocycles. The van der Waals surface area contributed by atoms with Crippen LogP contribution in [0.4, 0.5) is 0 Å². The van der Waals surface area contributed by atoms with Gasteiger partial charge in [0, 0.05) is 0 Å². The van der Waals surface area contributed by atoms with Crippen LogP contribution in [0.15, 0.2) is 4.99 Å². The molecule has 1 fully saturated rings. The third-order valence-corrected chi connectivity index (χ3v) is 1.82. The molecule has 1 N–H and O–H groups in total. The Morgan fingerprint density at radius 1 is 1.70 bits per heavy atom. The van der Waals surface area contributed by atoms with E-state index in [0.29, 0.717) is 0 Å². The fraction of sp³-hybridized carbons (Fsp3) is 0.714. The molecule has 0 atom stereocenters. The number of carboxylic acids is 1. The summed E-state index contributed by atoms with van der Waals surface area (Å²) in [5, 5.41) is 8.47. The number of carboxylic acid groups (broad SMARTS) is 1. The molecular formula is C7H11NO2. The van der Waals surface area contributed by atoms with Crippen molar-refractivity contribution in [3.8, 4) is 0 Å². The molecule has 1 rings (SSSR count). The average molecular weight is 141 g/mol. The maximum Gasteiger partial charge on any atom is 0.306 e. The highest BCUT2D eigenvalue weighted by Crippen LogP contribution is 2.29. The van der Waals surface area contributed by atoms with Crippen molar-refractivity contribution in [2.75, 3.05) is 0 Å². The van der Waals surface area contributed by atoms with Crippen molar-refractivity contribution in [3.05, 3.63) is 0 Å². The minimum Gasteiger partial charge on any atom is -0.481 e. The van der Waals surface area contributed by atoms with Crippen LogP contribution in [-0.4, -0.2) is 23.3 Å². The maximum atomic E-state index is 10.3. The Hall–Kier alpha value is -0.860. The molecule has 0 unspecified atom stereocenters. The van der Waals surface area contributed by atoms with Gasteiger partial charge in [0.2, 0.25) is 0 Å². The van der Waals surface area contributed by atoms with E-state index in [1.807, 2.05) is 6.92 Å². The zero-order chi connectivity index (χ0) is 7.56. The van der Waals surface area contributed by atoms with Gasteiger partial charge in [0.25, 0.3) is 0 Å². The minimum absolute atomic E-state index is 0.131. The van der Waals surface area contributed by atoms with Crippen LogP contribution in [-0.2, 0) is 4.79 Å². The fourth-order valence-corrected chi connectivity index (χ4v) is 1.12. The molecule has 0 heterocycles. The zero-order valence-electron chi connectivity index (χ0n) is 5.95. The molecule has 0 aliphatic heterocycles. The lowest BCUT2D eigenvalue weighted by Gasteiger charge is -2.28. The quantitative estimate of drug-likeness (QED) is 0.582. The normalized spacial score (nSPS) is 32.1. The first kappa shape index (κ1) is 7.25. The van der Waals surface area contributed by atoms with Gasteiger partial charge in [-0.3, -0.25) is 9.79 Å². The Balaban J connectivity index is 2.24. The molecule has 56 valence electrons. The topological polar surface area (TPSA) is 49.7 Å². The van der Waals surface area contributed by atoms with Gasteiger partial charge in [-0.1, -0.05) is 0 Å². The van der Waals surface area contributed by atoms with Crippen LogP contribution in [0.5, 0.6) is 0 Å². The first-order chi connectivity index (χ1) is 4.74. The van der Waals surface area contributed by atoms with E-state index < -0.39 is 5.97 Å². The van der Waals surface area contributed by atoms with Gasteiger partial charge in [0.1, 0.15) is 0 Å². The van der Waals surface area contributed by atoms with Crippen molar-refractivity contribution in [2.45, 2.75) is 25.8 Å². The van der Waals surface area contributed by atoms with Gasteiger partial charge in [0.15, 0.2) is 0 Å². The summed E-state index contributed by atoms with van der Waals surface area (Å²) in [4.78, 5) is 14.4. The third-order valence-electron chi connectivity index (χ3n) is 1.82. The van der Waals surface area contributed by atoms with Crippen LogP contribution in [0.2, 0.25) is 0 Å². The van der Waals surface area contributed by atoms with Crippen LogP contribution in [0, 0.1) is 5.92 Å². The lowest BCUT2D eigenvalue weighted by atomic mass is 9.81. The Morgan fingerprint density at radius 2 is 2.30 bits per heavy atom. The Bertz CT molecular complexity index is 159. The molecule has 0 aromatic heterocycles. The van der Waals surface area contributed by atoms with E-state index in [9.17, 15) is 4.79 Å². The summed E-state index contributed by atoms with van der Waals surface area (Å²) in [6.07, 6.45) is 3.18. The molecule has 1 aliphatic carbocycles. The summed E-state index contributed by atoms with van der Waals surface area (Å²) in [5.74, 6) is -0.809. The zero-order valence-corrected chi connectivity index (χ0v) is 5.95. The molecule has 10 heavy (non-hydrogen) atoms. The second-order valence-electron chi connectivity index (χ2n) is 2.57. The second-order valence-corrected chi connectivity index (χ2v) is 2.57. The maximum absolute atomic E-state index is 10.3. The summed E-state index contributed by atoms with van der Waals surface area (Å²) in [6.45, 7) is 1.86. The smallest absolute Gasteiger partial charge is 0.306 e. The summed E-state index contributed by atoms with van der Waals surface area (Å²) in [5.41, 5.74) is 0. The largest absolute Gasteiger partial charge is 0.481 e. The summed E-state index contributed by atoms with van der Waals surface area (Å²) in [6, 6.07) is 0.283. The van der Waals surface area contributed by atoms with Gasteiger partial charge >= 0.3 is 5.97 Å². The highest BCUT2D eigenvalue weighted by Gasteiger charge is 2.33. The van der Waals surface area contributed by atoms with Crippen LogP contribution in [0.25, 0.3) is 0 Å². The van der Waals surface area contributed by atoms with Gasteiger partial charge in [-0.05, 0) is 26.0 Å². The highest BCUT2D eigenvalue weighted by molar-refractivity contribution is 5.71. The van der Waals surface area contributed by atoms with E-state index >= 15 is 0 Å². The lowest BCUT2D eigenvalue weighted by Crippen LogP contribution is -2.33. The number of nitrogens with zero attached hydrogens (tertiary/aromatic N) is 1. The molecule has 3 heteroatoms. The van der Waals surface area contributed by atoms with E-state index in [0.717, 1.165) is 12.8 Å². The molecule has 0 aromatic carbocycles. The number of rotatable bonds is 2.